The van der Waals surface area contributed by atoms with Crippen LogP contribution >= 0.6 is 0 Å². The molecule has 1 aromatic carbocycles. The average molecular weight is 335 g/mol. The number of hydrogen-bond donors (Lipinski definition) is 1. The van der Waals surface area contributed by atoms with E-state index in [1.165, 1.54) is 18.9 Å². The zero-order chi connectivity index (χ0) is 17.0. The van der Waals surface area contributed by atoms with Gasteiger partial charge in [0.05, 0.1) is 6.04 Å². The van der Waals surface area contributed by atoms with Crippen LogP contribution in [0, 0.1) is 0 Å². The van der Waals surface area contributed by atoms with Crippen LogP contribution in [0.15, 0.2) is 48.5 Å². The van der Waals surface area contributed by atoms with Gasteiger partial charge in [0, 0.05) is 6.54 Å². The summed E-state index contributed by atoms with van der Waals surface area (Å²) in [6.07, 6.45) is -2.10. The summed E-state index contributed by atoms with van der Waals surface area (Å²) in [5, 5.41) is 3.18. The van der Waals surface area contributed by atoms with Gasteiger partial charge >= 0.3 is 6.18 Å². The number of nitrogens with zero attached hydrogens (tertiary/aromatic N) is 2. The Kier molecular flexibility index (Phi) is 5.04. The molecule has 0 spiro atoms. The molecule has 128 valence electrons. The van der Waals surface area contributed by atoms with Gasteiger partial charge in [0.2, 0.25) is 0 Å². The summed E-state index contributed by atoms with van der Waals surface area (Å²) in [6.45, 7) is 2.81. The molecule has 1 saturated heterocycles. The van der Waals surface area contributed by atoms with Gasteiger partial charge in [-0.25, -0.2) is 4.98 Å². The Labute approximate surface area is 139 Å². The molecule has 3 nitrogen and oxygen atoms in total. The Morgan fingerprint density at radius 3 is 2.38 bits per heavy atom. The number of likely N-dealkylation sites (tertiary alicyclic amines) is 1. The first kappa shape index (κ1) is 16.8. The Bertz CT molecular complexity index is 652. The Morgan fingerprint density at radius 2 is 1.71 bits per heavy atom. The van der Waals surface area contributed by atoms with E-state index in [4.69, 9.17) is 0 Å². The van der Waals surface area contributed by atoms with E-state index in [1.807, 2.05) is 30.3 Å². The molecule has 2 heterocycles. The summed E-state index contributed by atoms with van der Waals surface area (Å²) in [6, 6.07) is 13.6. The van der Waals surface area contributed by atoms with Crippen LogP contribution in [0.5, 0.6) is 0 Å². The van der Waals surface area contributed by atoms with Crippen LogP contribution in [0.25, 0.3) is 0 Å². The fourth-order valence-corrected chi connectivity index (χ4v) is 2.99. The van der Waals surface area contributed by atoms with E-state index in [1.54, 1.807) is 6.07 Å². The van der Waals surface area contributed by atoms with E-state index < -0.39 is 11.9 Å². The second-order valence-corrected chi connectivity index (χ2v) is 6.02. The van der Waals surface area contributed by atoms with Crippen LogP contribution in [0.2, 0.25) is 0 Å². The lowest BCUT2D eigenvalue weighted by molar-refractivity contribution is -0.141. The number of benzene rings is 1. The number of hydrogen-bond acceptors (Lipinski definition) is 3. The quantitative estimate of drug-likeness (QED) is 0.880. The number of pyridine rings is 1. The smallest absolute Gasteiger partial charge is 0.362 e. The summed E-state index contributed by atoms with van der Waals surface area (Å²) in [5.74, 6) is 0.248. The molecular formula is C18H20F3N3. The van der Waals surface area contributed by atoms with Crippen molar-refractivity contribution < 1.29 is 13.2 Å². The molecule has 6 heteroatoms. The summed E-state index contributed by atoms with van der Waals surface area (Å²) < 4.78 is 38.6. The van der Waals surface area contributed by atoms with Gasteiger partial charge in [-0.2, -0.15) is 13.2 Å². The Balaban J connectivity index is 1.81. The van der Waals surface area contributed by atoms with Crippen LogP contribution in [0.1, 0.15) is 30.1 Å². The molecule has 2 aromatic rings. The number of anilines is 1. The highest BCUT2D eigenvalue weighted by Gasteiger charge is 2.32. The third kappa shape index (κ3) is 4.26. The summed E-state index contributed by atoms with van der Waals surface area (Å²) in [4.78, 5) is 6.06. The van der Waals surface area contributed by atoms with Crippen molar-refractivity contribution in [2.24, 2.45) is 0 Å². The standard InChI is InChI=1S/C18H20F3N3/c19-18(20,21)16-9-6-10-17(23-16)22-15(13-24-11-4-5-12-24)14-7-2-1-3-8-14/h1-3,6-10,15H,4-5,11-13H2,(H,22,23). The zero-order valence-electron chi connectivity index (χ0n) is 13.3. The van der Waals surface area contributed by atoms with Crippen LogP contribution in [-0.4, -0.2) is 29.5 Å². The number of nitrogens with one attached hydrogen (secondary N) is 1. The van der Waals surface area contributed by atoms with Crippen molar-refractivity contribution in [3.05, 3.63) is 59.8 Å². The van der Waals surface area contributed by atoms with Crippen molar-refractivity contribution in [1.29, 1.82) is 0 Å². The monoisotopic (exact) mass is 335 g/mol. The van der Waals surface area contributed by atoms with Crippen LogP contribution in [-0.2, 0) is 6.18 Å². The van der Waals surface area contributed by atoms with E-state index in [2.05, 4.69) is 15.2 Å². The first-order valence-electron chi connectivity index (χ1n) is 8.10. The average Bonchev–Trinajstić information content (AvgIpc) is 3.08. The molecule has 1 aliphatic rings. The second-order valence-electron chi connectivity index (χ2n) is 6.02. The van der Waals surface area contributed by atoms with Crippen LogP contribution < -0.4 is 5.32 Å². The van der Waals surface area contributed by atoms with Gasteiger partial charge in [-0.15, -0.1) is 0 Å². The van der Waals surface area contributed by atoms with Gasteiger partial charge in [0.1, 0.15) is 11.5 Å². The van der Waals surface area contributed by atoms with E-state index in [9.17, 15) is 13.2 Å². The third-order valence-corrected chi connectivity index (χ3v) is 4.20. The minimum atomic E-state index is -4.44. The lowest BCUT2D eigenvalue weighted by atomic mass is 10.1. The highest BCUT2D eigenvalue weighted by molar-refractivity contribution is 5.40. The highest BCUT2D eigenvalue weighted by atomic mass is 19.4. The van der Waals surface area contributed by atoms with Crippen molar-refractivity contribution >= 4 is 5.82 Å². The molecular weight excluding hydrogens is 315 g/mol. The maximum atomic E-state index is 12.9. The minimum absolute atomic E-state index is 0.0970. The molecule has 0 aliphatic carbocycles. The van der Waals surface area contributed by atoms with Gasteiger partial charge in [-0.3, -0.25) is 0 Å². The molecule has 1 fully saturated rings. The molecule has 3 rings (SSSR count). The van der Waals surface area contributed by atoms with Gasteiger partial charge in [0.25, 0.3) is 0 Å². The summed E-state index contributed by atoms with van der Waals surface area (Å²) in [5.41, 5.74) is 0.170. The molecule has 0 bridgehead atoms. The predicted molar refractivity (Wildman–Crippen MR) is 87.7 cm³/mol. The van der Waals surface area contributed by atoms with Gasteiger partial charge in [-0.1, -0.05) is 36.4 Å². The molecule has 1 N–H and O–H groups in total. The fraction of sp³-hybridized carbons (Fsp3) is 0.389. The number of halogens is 3. The van der Waals surface area contributed by atoms with Crippen molar-refractivity contribution in [2.75, 3.05) is 25.0 Å². The van der Waals surface area contributed by atoms with E-state index in [-0.39, 0.29) is 11.9 Å². The summed E-state index contributed by atoms with van der Waals surface area (Å²) >= 11 is 0. The van der Waals surface area contributed by atoms with Crippen molar-refractivity contribution in [3.8, 4) is 0 Å². The maximum Gasteiger partial charge on any atom is 0.433 e. The second kappa shape index (κ2) is 7.21. The molecule has 0 saturated carbocycles. The summed E-state index contributed by atoms with van der Waals surface area (Å²) in [7, 11) is 0. The predicted octanol–water partition coefficient (Wildman–Crippen LogP) is 4.35. The van der Waals surface area contributed by atoms with Crippen molar-refractivity contribution in [3.63, 3.8) is 0 Å². The number of alkyl halides is 3. The molecule has 1 aliphatic heterocycles. The lowest BCUT2D eigenvalue weighted by Crippen LogP contribution is -2.29. The van der Waals surface area contributed by atoms with E-state index >= 15 is 0 Å². The SMILES string of the molecule is FC(F)(F)c1cccc(NC(CN2CCCC2)c2ccccc2)n1. The molecule has 24 heavy (non-hydrogen) atoms. The lowest BCUT2D eigenvalue weighted by Gasteiger charge is -2.25. The van der Waals surface area contributed by atoms with E-state index in [0.29, 0.717) is 0 Å². The van der Waals surface area contributed by atoms with Gasteiger partial charge in [0.15, 0.2) is 0 Å². The topological polar surface area (TPSA) is 28.2 Å². The molecule has 1 aromatic heterocycles. The first-order valence-corrected chi connectivity index (χ1v) is 8.10. The zero-order valence-corrected chi connectivity index (χ0v) is 13.3. The Morgan fingerprint density at radius 1 is 1.00 bits per heavy atom. The molecule has 1 unspecified atom stereocenters. The van der Waals surface area contributed by atoms with Crippen molar-refractivity contribution in [2.45, 2.75) is 25.1 Å². The normalized spacial score (nSPS) is 17.0. The first-order chi connectivity index (χ1) is 11.5. The molecule has 0 amide bonds. The Hall–Kier alpha value is -2.08. The highest BCUT2D eigenvalue weighted by Crippen LogP contribution is 2.29. The maximum absolute atomic E-state index is 12.9. The number of rotatable bonds is 5. The molecule has 0 radical (unpaired) electrons. The van der Waals surface area contributed by atoms with Gasteiger partial charge in [-0.05, 0) is 43.6 Å². The largest absolute Gasteiger partial charge is 0.433 e. The van der Waals surface area contributed by atoms with Crippen LogP contribution in [0.4, 0.5) is 19.0 Å². The van der Waals surface area contributed by atoms with E-state index in [0.717, 1.165) is 31.3 Å². The number of aromatic nitrogens is 1. The van der Waals surface area contributed by atoms with Gasteiger partial charge < -0.3 is 10.2 Å². The van der Waals surface area contributed by atoms with Crippen molar-refractivity contribution in [1.82, 2.24) is 9.88 Å². The molecule has 1 atom stereocenters. The van der Waals surface area contributed by atoms with Crippen LogP contribution in [0.3, 0.4) is 0 Å². The fourth-order valence-electron chi connectivity index (χ4n) is 2.99. The third-order valence-electron chi connectivity index (χ3n) is 4.20. The minimum Gasteiger partial charge on any atom is -0.362 e.